The van der Waals surface area contributed by atoms with Crippen molar-refractivity contribution in [2.75, 3.05) is 12.4 Å². The number of thiazole rings is 1. The Bertz CT molecular complexity index is 1560. The van der Waals surface area contributed by atoms with Gasteiger partial charge in [0.25, 0.3) is 5.91 Å². The van der Waals surface area contributed by atoms with Gasteiger partial charge in [-0.05, 0) is 42.8 Å². The summed E-state index contributed by atoms with van der Waals surface area (Å²) < 4.78 is 5.45. The first-order valence-corrected chi connectivity index (χ1v) is 12.0. The van der Waals surface area contributed by atoms with Gasteiger partial charge in [-0.25, -0.2) is 9.97 Å². The third-order valence-corrected chi connectivity index (χ3v) is 6.75. The zero-order chi connectivity index (χ0) is 24.5. The fraction of sp³-hybridized carbons (Fsp3) is 0.0800. The second-order valence-corrected chi connectivity index (χ2v) is 9.41. The number of pyridine rings is 1. The molecule has 0 atom stereocenters. The van der Waals surface area contributed by atoms with Gasteiger partial charge in [0.15, 0.2) is 5.13 Å². The summed E-state index contributed by atoms with van der Waals surface area (Å²) in [6, 6.07) is 14.6. The molecule has 35 heavy (non-hydrogen) atoms. The molecule has 0 saturated heterocycles. The van der Waals surface area contributed by atoms with E-state index in [2.05, 4.69) is 20.5 Å². The van der Waals surface area contributed by atoms with Crippen LogP contribution in [-0.2, 0) is 0 Å². The van der Waals surface area contributed by atoms with E-state index in [0.29, 0.717) is 48.1 Å². The van der Waals surface area contributed by atoms with Crippen molar-refractivity contribution in [1.29, 1.82) is 0 Å². The lowest BCUT2D eigenvalue weighted by Crippen LogP contribution is -2.14. The lowest BCUT2D eigenvalue weighted by Gasteiger charge is -2.11. The lowest BCUT2D eigenvalue weighted by atomic mass is 10.0. The Kier molecular flexibility index (Phi) is 6.34. The number of fused-ring (bicyclic) bond motifs is 1. The van der Waals surface area contributed by atoms with Crippen LogP contribution in [0.5, 0.6) is 5.75 Å². The molecule has 5 aromatic rings. The number of para-hydroxylation sites is 1. The van der Waals surface area contributed by atoms with Crippen LogP contribution < -0.4 is 10.1 Å². The molecule has 0 bridgehead atoms. The zero-order valence-corrected chi connectivity index (χ0v) is 20.9. The molecule has 0 unspecified atom stereocenters. The monoisotopic (exact) mass is 521 g/mol. The maximum Gasteiger partial charge on any atom is 0.259 e. The Labute approximate surface area is 214 Å². The van der Waals surface area contributed by atoms with Gasteiger partial charge in [-0.15, -0.1) is 0 Å². The number of halogens is 2. The van der Waals surface area contributed by atoms with E-state index >= 15 is 0 Å². The van der Waals surface area contributed by atoms with Crippen LogP contribution in [0.4, 0.5) is 5.13 Å². The molecule has 0 aliphatic rings. The van der Waals surface area contributed by atoms with E-state index in [1.807, 2.05) is 49.4 Å². The Morgan fingerprint density at radius 3 is 2.60 bits per heavy atom. The van der Waals surface area contributed by atoms with Crippen molar-refractivity contribution in [3.8, 4) is 28.1 Å². The quantitative estimate of drug-likeness (QED) is 0.277. The van der Waals surface area contributed by atoms with Gasteiger partial charge in [0, 0.05) is 21.7 Å². The molecule has 2 aromatic carbocycles. The highest BCUT2D eigenvalue weighted by Crippen LogP contribution is 2.36. The SMILES string of the molecule is COc1ccccc1-c1cnncc1C(=O)Nc1nc2ccc(-c3c(C)cc(Cl)cc3Cl)nc2s1. The van der Waals surface area contributed by atoms with Crippen LogP contribution in [0.3, 0.4) is 0 Å². The molecule has 0 saturated carbocycles. The number of ether oxygens (including phenoxy) is 1. The van der Waals surface area contributed by atoms with Crippen LogP contribution in [0, 0.1) is 6.92 Å². The average molecular weight is 522 g/mol. The molecule has 0 aliphatic carbocycles. The Hall–Kier alpha value is -3.59. The van der Waals surface area contributed by atoms with Gasteiger partial charge in [0.1, 0.15) is 16.1 Å². The summed E-state index contributed by atoms with van der Waals surface area (Å²) in [5.41, 5.74) is 4.78. The molecule has 5 rings (SSSR count). The number of methoxy groups -OCH3 is 1. The van der Waals surface area contributed by atoms with Crippen LogP contribution in [0.1, 0.15) is 15.9 Å². The van der Waals surface area contributed by atoms with Crippen LogP contribution in [0.25, 0.3) is 32.7 Å². The molecule has 0 aliphatic heterocycles. The number of hydrogen-bond acceptors (Lipinski definition) is 7. The molecule has 174 valence electrons. The number of hydrogen-bond donors (Lipinski definition) is 1. The number of nitrogens with one attached hydrogen (secondary N) is 1. The number of aromatic nitrogens is 4. The summed E-state index contributed by atoms with van der Waals surface area (Å²) in [6.07, 6.45) is 2.96. The number of carbonyl (C=O) groups excluding carboxylic acids is 1. The first-order valence-electron chi connectivity index (χ1n) is 10.4. The number of anilines is 1. The minimum absolute atomic E-state index is 0.348. The number of amides is 1. The smallest absolute Gasteiger partial charge is 0.259 e. The first kappa shape index (κ1) is 23.2. The highest BCUT2D eigenvalue weighted by atomic mass is 35.5. The Morgan fingerprint density at radius 2 is 1.80 bits per heavy atom. The van der Waals surface area contributed by atoms with Gasteiger partial charge < -0.3 is 4.74 Å². The average Bonchev–Trinajstić information content (AvgIpc) is 3.25. The van der Waals surface area contributed by atoms with Gasteiger partial charge in [0.05, 0.1) is 35.8 Å². The standard InChI is InChI=1S/C25H17Cl2N5O2S/c1-13-9-14(26)10-18(27)22(13)19-7-8-20-24(30-19)35-25(31-20)32-23(33)17-12-29-28-11-16(17)15-5-3-4-6-21(15)34-2/h3-12H,1-2H3,(H,31,32,33). The molecular weight excluding hydrogens is 505 g/mol. The van der Waals surface area contributed by atoms with Crippen LogP contribution in [0.15, 0.2) is 60.9 Å². The van der Waals surface area contributed by atoms with E-state index in [1.165, 1.54) is 23.7 Å². The summed E-state index contributed by atoms with van der Waals surface area (Å²) in [5, 5.41) is 12.2. The Balaban J connectivity index is 1.47. The number of benzene rings is 2. The predicted octanol–water partition coefficient (Wildman–Crippen LogP) is 6.69. The molecule has 3 aromatic heterocycles. The largest absolute Gasteiger partial charge is 0.496 e. The van der Waals surface area contributed by atoms with Crippen LogP contribution >= 0.6 is 34.5 Å². The topological polar surface area (TPSA) is 89.9 Å². The second-order valence-electron chi connectivity index (χ2n) is 7.59. The molecule has 3 heterocycles. The summed E-state index contributed by atoms with van der Waals surface area (Å²) in [4.78, 5) is 23.1. The fourth-order valence-corrected chi connectivity index (χ4v) is 5.31. The van der Waals surface area contributed by atoms with Crippen molar-refractivity contribution in [3.05, 3.63) is 82.1 Å². The van der Waals surface area contributed by atoms with Crippen LogP contribution in [-0.4, -0.2) is 33.2 Å². The van der Waals surface area contributed by atoms with E-state index < -0.39 is 0 Å². The van der Waals surface area contributed by atoms with E-state index in [0.717, 1.165) is 16.7 Å². The van der Waals surface area contributed by atoms with E-state index in [-0.39, 0.29) is 5.91 Å². The lowest BCUT2D eigenvalue weighted by molar-refractivity contribution is 0.102. The molecule has 0 radical (unpaired) electrons. The molecule has 1 N–H and O–H groups in total. The van der Waals surface area contributed by atoms with Gasteiger partial charge in [-0.3, -0.25) is 10.1 Å². The van der Waals surface area contributed by atoms with Crippen LogP contribution in [0.2, 0.25) is 10.0 Å². The van der Waals surface area contributed by atoms with Crippen molar-refractivity contribution < 1.29 is 9.53 Å². The molecule has 0 spiro atoms. The van der Waals surface area contributed by atoms with E-state index in [1.54, 1.807) is 13.2 Å². The highest BCUT2D eigenvalue weighted by Gasteiger charge is 2.19. The maximum absolute atomic E-state index is 13.2. The molecule has 7 nitrogen and oxygen atoms in total. The normalized spacial score (nSPS) is 11.0. The minimum Gasteiger partial charge on any atom is -0.496 e. The zero-order valence-electron chi connectivity index (χ0n) is 18.5. The highest BCUT2D eigenvalue weighted by molar-refractivity contribution is 7.22. The van der Waals surface area contributed by atoms with Gasteiger partial charge in [-0.2, -0.15) is 10.2 Å². The predicted molar refractivity (Wildman–Crippen MR) is 140 cm³/mol. The summed E-state index contributed by atoms with van der Waals surface area (Å²) in [6.45, 7) is 1.93. The number of aryl methyl sites for hydroxylation is 1. The van der Waals surface area contributed by atoms with E-state index in [9.17, 15) is 4.79 Å². The van der Waals surface area contributed by atoms with Gasteiger partial charge in [0.2, 0.25) is 0 Å². The third kappa shape index (κ3) is 4.55. The van der Waals surface area contributed by atoms with Gasteiger partial charge >= 0.3 is 0 Å². The van der Waals surface area contributed by atoms with Crippen molar-refractivity contribution in [2.24, 2.45) is 0 Å². The molecule has 10 heteroatoms. The maximum atomic E-state index is 13.2. The second kappa shape index (κ2) is 9.58. The summed E-state index contributed by atoms with van der Waals surface area (Å²) in [5.74, 6) is 0.263. The van der Waals surface area contributed by atoms with Crippen molar-refractivity contribution in [2.45, 2.75) is 6.92 Å². The third-order valence-electron chi connectivity index (χ3n) is 5.36. The minimum atomic E-state index is -0.364. The number of carbonyl (C=O) groups is 1. The first-order chi connectivity index (χ1) is 16.9. The fourth-order valence-electron chi connectivity index (χ4n) is 3.78. The summed E-state index contributed by atoms with van der Waals surface area (Å²) in [7, 11) is 1.58. The van der Waals surface area contributed by atoms with Gasteiger partial charge in [-0.1, -0.05) is 52.7 Å². The number of rotatable bonds is 5. The Morgan fingerprint density at radius 1 is 1.00 bits per heavy atom. The molecular formula is C25H17Cl2N5O2S. The molecule has 1 amide bonds. The molecule has 0 fully saturated rings. The number of nitrogens with zero attached hydrogens (tertiary/aromatic N) is 4. The van der Waals surface area contributed by atoms with E-state index in [4.69, 9.17) is 32.9 Å². The van der Waals surface area contributed by atoms with Crippen molar-refractivity contribution >= 4 is 55.9 Å². The summed E-state index contributed by atoms with van der Waals surface area (Å²) >= 11 is 13.8. The van der Waals surface area contributed by atoms with Crippen molar-refractivity contribution in [1.82, 2.24) is 20.2 Å². The van der Waals surface area contributed by atoms with Crippen molar-refractivity contribution in [3.63, 3.8) is 0 Å².